The number of hydrogen-bond donors (Lipinski definition) is 0. The van der Waals surface area contributed by atoms with Crippen molar-refractivity contribution >= 4 is 16.7 Å². The lowest BCUT2D eigenvalue weighted by Crippen LogP contribution is -2.16. The maximum Gasteiger partial charge on any atom is 0.436 e. The molecule has 0 spiro atoms. The molecule has 0 atom stereocenters. The maximum absolute atomic E-state index is 15.1. The summed E-state index contributed by atoms with van der Waals surface area (Å²) in [7, 11) is 0. The van der Waals surface area contributed by atoms with Gasteiger partial charge in [0.05, 0.1) is 39.0 Å². The number of rotatable bonds is 3. The molecule has 2 heterocycles. The fourth-order valence-electron chi connectivity index (χ4n) is 4.68. The van der Waals surface area contributed by atoms with Gasteiger partial charge in [0.15, 0.2) is 34.7 Å². The number of nitrogens with zero attached hydrogens (tertiary/aromatic N) is 5. The number of benzene rings is 1. The zero-order valence-electron chi connectivity index (χ0n) is 23.8. The van der Waals surface area contributed by atoms with Crippen LogP contribution in [0.15, 0.2) is 34.9 Å². The third-order valence-corrected chi connectivity index (χ3v) is 6.81. The van der Waals surface area contributed by atoms with Gasteiger partial charge in [0, 0.05) is 22.3 Å². The van der Waals surface area contributed by atoms with E-state index in [4.69, 9.17) is 0 Å². The summed E-state index contributed by atoms with van der Waals surface area (Å²) in [5.74, 6) is -17.1. The van der Waals surface area contributed by atoms with Gasteiger partial charge in [-0.2, -0.15) is 77.3 Å². The average Bonchev–Trinajstić information content (AvgIpc) is 3.73. The second-order valence-electron chi connectivity index (χ2n) is 9.85. The van der Waals surface area contributed by atoms with E-state index in [9.17, 15) is 86.0 Å². The molecule has 0 unspecified atom stereocenters. The molecule has 0 amide bonds. The molecular weight excluding hydrogens is 760 g/mol. The van der Waals surface area contributed by atoms with E-state index in [0.29, 0.717) is 0 Å². The fraction of sp³-hybridized carbons (Fsp3) is 0.138. The minimum atomic E-state index is -6.01. The standard InChI is InChI=1S/C29H3F18N5/c30-18-16(20(32)24(34)51-22(18)28(42,43)44)10(5-49)14-13(9(4-48)8-2-1-7(26(36,37)38)3-12(8)27(39,40)41)15(14)11(6-50)17-19(31)23(29(45,46)47)52-25(35)21(17)33/h1-3H. The van der Waals surface area contributed by atoms with Gasteiger partial charge < -0.3 is 0 Å². The number of halogens is 18. The summed E-state index contributed by atoms with van der Waals surface area (Å²) < 4.78 is 251. The van der Waals surface area contributed by atoms with Gasteiger partial charge in [0.1, 0.15) is 18.2 Å². The lowest BCUT2D eigenvalue weighted by molar-refractivity contribution is -0.145. The zero-order valence-corrected chi connectivity index (χ0v) is 23.8. The molecule has 23 heteroatoms. The van der Waals surface area contributed by atoms with Crippen LogP contribution in [0.25, 0.3) is 16.7 Å². The van der Waals surface area contributed by atoms with E-state index < -0.39 is 139 Å². The number of nitriles is 3. The summed E-state index contributed by atoms with van der Waals surface area (Å²) in [5, 5.41) is 29.4. The number of hydrogen-bond acceptors (Lipinski definition) is 5. The molecule has 1 aliphatic rings. The van der Waals surface area contributed by atoms with Crippen LogP contribution in [0, 0.1) is 69.2 Å². The highest BCUT2D eigenvalue weighted by molar-refractivity contribution is 6.12. The monoisotopic (exact) mass is 763 g/mol. The third kappa shape index (κ3) is 6.59. The van der Waals surface area contributed by atoms with Gasteiger partial charge in [0.2, 0.25) is 11.9 Å². The molecule has 2 aromatic heterocycles. The molecule has 3 aromatic rings. The van der Waals surface area contributed by atoms with Crippen LogP contribution in [0.5, 0.6) is 0 Å². The molecule has 5 nitrogen and oxygen atoms in total. The van der Waals surface area contributed by atoms with E-state index >= 15 is 8.78 Å². The van der Waals surface area contributed by atoms with Gasteiger partial charge in [-0.3, -0.25) is 0 Å². The van der Waals surface area contributed by atoms with Crippen LogP contribution >= 0.6 is 0 Å². The molecular formula is C29H3F18N5. The molecule has 52 heavy (non-hydrogen) atoms. The number of aromatic nitrogens is 2. The Bertz CT molecular complexity index is 2170. The lowest BCUT2D eigenvalue weighted by atomic mass is 9.95. The minimum absolute atomic E-state index is 0.0904. The van der Waals surface area contributed by atoms with E-state index in [1.54, 1.807) is 0 Å². The Hall–Kier alpha value is -6.05. The molecule has 1 fully saturated rings. The topological polar surface area (TPSA) is 97.1 Å². The van der Waals surface area contributed by atoms with Crippen LogP contribution in [0.1, 0.15) is 39.2 Å². The van der Waals surface area contributed by atoms with E-state index in [2.05, 4.69) is 0 Å². The minimum Gasteiger partial charge on any atom is -0.209 e. The summed E-state index contributed by atoms with van der Waals surface area (Å²) in [6.07, 6.45) is -23.4. The van der Waals surface area contributed by atoms with Crippen LogP contribution in [-0.2, 0) is 24.7 Å². The van der Waals surface area contributed by atoms with E-state index in [0.717, 1.165) is 18.2 Å². The largest absolute Gasteiger partial charge is 0.436 e. The summed E-state index contributed by atoms with van der Waals surface area (Å²) in [5.41, 5.74) is -27.5. The van der Waals surface area contributed by atoms with Crippen molar-refractivity contribution in [2.75, 3.05) is 0 Å². The highest BCUT2D eigenvalue weighted by Crippen LogP contribution is 2.58. The van der Waals surface area contributed by atoms with E-state index in [1.165, 1.54) is 0 Å². The summed E-state index contributed by atoms with van der Waals surface area (Å²) in [6.45, 7) is 0. The molecule has 1 aliphatic carbocycles. The van der Waals surface area contributed by atoms with Crippen LogP contribution in [-0.4, -0.2) is 9.97 Å². The second-order valence-corrected chi connectivity index (χ2v) is 9.85. The molecule has 1 aromatic carbocycles. The van der Waals surface area contributed by atoms with Gasteiger partial charge in [-0.15, -0.1) is 0 Å². The van der Waals surface area contributed by atoms with Gasteiger partial charge >= 0.3 is 24.7 Å². The zero-order chi connectivity index (χ0) is 39.6. The predicted octanol–water partition coefficient (Wildman–Crippen LogP) is 9.63. The normalized spacial score (nSPS) is 15.5. The predicted molar refractivity (Wildman–Crippen MR) is 132 cm³/mol. The molecule has 0 N–H and O–H groups in total. The van der Waals surface area contributed by atoms with Crippen LogP contribution in [0.3, 0.4) is 0 Å². The average molecular weight is 763 g/mol. The van der Waals surface area contributed by atoms with Gasteiger partial charge in [-0.05, 0) is 12.1 Å². The third-order valence-electron chi connectivity index (χ3n) is 6.81. The van der Waals surface area contributed by atoms with Crippen molar-refractivity contribution in [1.82, 2.24) is 9.97 Å². The fourth-order valence-corrected chi connectivity index (χ4v) is 4.68. The maximum atomic E-state index is 15.1. The van der Waals surface area contributed by atoms with Crippen molar-refractivity contribution < 1.29 is 79.0 Å². The molecule has 270 valence electrons. The first-order chi connectivity index (χ1) is 23.7. The first kappa shape index (κ1) is 38.7. The molecule has 0 saturated heterocycles. The molecule has 4 rings (SSSR count). The highest BCUT2D eigenvalue weighted by atomic mass is 19.4. The first-order valence-corrected chi connectivity index (χ1v) is 12.7. The highest BCUT2D eigenvalue weighted by Gasteiger charge is 2.49. The Morgan fingerprint density at radius 1 is 0.481 bits per heavy atom. The smallest absolute Gasteiger partial charge is 0.209 e. The SMILES string of the molecule is N#CC(=C1C(=C(C#N)c2c(F)c(F)nc(C(F)(F)F)c2F)C1=C(C#N)c1c(F)c(F)nc(C(F)(F)F)c1F)c1ccc(C(F)(F)F)cc1C(F)(F)F. The molecule has 0 radical (unpaired) electrons. The molecule has 1 saturated carbocycles. The first-order valence-electron chi connectivity index (χ1n) is 12.7. The van der Waals surface area contributed by atoms with E-state index in [1.807, 2.05) is 9.97 Å². The van der Waals surface area contributed by atoms with E-state index in [-0.39, 0.29) is 12.1 Å². The summed E-state index contributed by atoms with van der Waals surface area (Å²) in [4.78, 5) is 3.99. The Kier molecular flexibility index (Phi) is 9.40. The van der Waals surface area contributed by atoms with Gasteiger partial charge in [0.25, 0.3) is 0 Å². The number of allylic oxidation sites excluding steroid dienone is 6. The summed E-state index contributed by atoms with van der Waals surface area (Å²) >= 11 is 0. The van der Waals surface area contributed by atoms with Crippen LogP contribution < -0.4 is 0 Å². The van der Waals surface area contributed by atoms with Crippen molar-refractivity contribution in [1.29, 1.82) is 15.8 Å². The summed E-state index contributed by atoms with van der Waals surface area (Å²) in [6, 6.07) is 1.65. The van der Waals surface area contributed by atoms with Crippen LogP contribution in [0.2, 0.25) is 0 Å². The molecule has 0 aliphatic heterocycles. The van der Waals surface area contributed by atoms with Crippen molar-refractivity contribution in [3.8, 4) is 18.2 Å². The number of alkyl halides is 12. The molecule has 0 bridgehead atoms. The lowest BCUT2D eigenvalue weighted by Gasteiger charge is -2.15. The van der Waals surface area contributed by atoms with Crippen molar-refractivity contribution in [2.24, 2.45) is 0 Å². The van der Waals surface area contributed by atoms with Gasteiger partial charge in [-0.25, -0.2) is 27.5 Å². The Balaban J connectivity index is 2.36. The Labute approximate surface area is 274 Å². The number of pyridine rings is 2. The Morgan fingerprint density at radius 2 is 0.846 bits per heavy atom. The second kappa shape index (κ2) is 12.6. The van der Waals surface area contributed by atoms with Crippen molar-refractivity contribution in [3.63, 3.8) is 0 Å². The van der Waals surface area contributed by atoms with Crippen molar-refractivity contribution in [3.05, 3.63) is 109 Å². The van der Waals surface area contributed by atoms with Crippen LogP contribution in [0.4, 0.5) is 79.0 Å². The quantitative estimate of drug-likeness (QED) is 0.150. The van der Waals surface area contributed by atoms with Crippen molar-refractivity contribution in [2.45, 2.75) is 24.7 Å². The Morgan fingerprint density at radius 3 is 1.15 bits per heavy atom. The van der Waals surface area contributed by atoms with Gasteiger partial charge in [-0.1, -0.05) is 6.07 Å².